The van der Waals surface area contributed by atoms with E-state index in [4.69, 9.17) is 16.9 Å². The number of carbonyl (C=O) groups excluding carboxylic acids is 1. The molecule has 1 amide bonds. The summed E-state index contributed by atoms with van der Waals surface area (Å²) >= 11 is 6.03. The molecule has 1 aromatic heterocycles. The molecule has 0 fully saturated rings. The van der Waals surface area contributed by atoms with Crippen LogP contribution < -0.4 is 10.5 Å². The monoisotopic (exact) mass is 366 g/mol. The molecular formula is C19H15ClN4O2. The van der Waals surface area contributed by atoms with E-state index >= 15 is 0 Å². The standard InChI is InChI=1S/C19H15ClN4O2/c20-13-5-3-6-14(11-13)24(10-4-9-21)18(25)12-17-15-7-1-2-8-16(15)19(26)23-22-17/h1-3,5-8,11H,4,10,12H2,(H,23,26). The zero-order valence-corrected chi connectivity index (χ0v) is 14.5. The first-order valence-electron chi connectivity index (χ1n) is 7.99. The van der Waals surface area contributed by atoms with Crippen LogP contribution in [0.5, 0.6) is 0 Å². The minimum atomic E-state index is -0.298. The van der Waals surface area contributed by atoms with E-state index in [1.165, 1.54) is 4.90 Å². The van der Waals surface area contributed by atoms with Gasteiger partial charge in [-0.05, 0) is 24.3 Å². The second-order valence-electron chi connectivity index (χ2n) is 5.66. The molecule has 1 heterocycles. The third kappa shape index (κ3) is 3.73. The van der Waals surface area contributed by atoms with Crippen molar-refractivity contribution in [3.63, 3.8) is 0 Å². The lowest BCUT2D eigenvalue weighted by Crippen LogP contribution is -2.33. The van der Waals surface area contributed by atoms with Crippen LogP contribution >= 0.6 is 11.6 Å². The molecule has 0 aliphatic carbocycles. The van der Waals surface area contributed by atoms with Crippen LogP contribution in [0, 0.1) is 11.3 Å². The van der Waals surface area contributed by atoms with E-state index < -0.39 is 0 Å². The maximum Gasteiger partial charge on any atom is 0.272 e. The molecule has 0 radical (unpaired) electrons. The van der Waals surface area contributed by atoms with Crippen LogP contribution in [-0.4, -0.2) is 22.6 Å². The van der Waals surface area contributed by atoms with Crippen LogP contribution in [0.1, 0.15) is 12.1 Å². The third-order valence-electron chi connectivity index (χ3n) is 3.96. The molecule has 0 aliphatic rings. The average Bonchev–Trinajstić information content (AvgIpc) is 2.65. The number of H-pyrrole nitrogens is 1. The predicted molar refractivity (Wildman–Crippen MR) is 100 cm³/mol. The molecular weight excluding hydrogens is 352 g/mol. The highest BCUT2D eigenvalue weighted by Crippen LogP contribution is 2.21. The van der Waals surface area contributed by atoms with Gasteiger partial charge in [0, 0.05) is 22.6 Å². The van der Waals surface area contributed by atoms with Gasteiger partial charge in [-0.25, -0.2) is 5.10 Å². The summed E-state index contributed by atoms with van der Waals surface area (Å²) in [6, 6.07) is 16.0. The number of nitrogens with one attached hydrogen (secondary N) is 1. The van der Waals surface area contributed by atoms with E-state index in [2.05, 4.69) is 10.2 Å². The predicted octanol–water partition coefficient (Wildman–Crippen LogP) is 3.07. The van der Waals surface area contributed by atoms with Gasteiger partial charge in [-0.1, -0.05) is 35.9 Å². The zero-order valence-electron chi connectivity index (χ0n) is 13.8. The lowest BCUT2D eigenvalue weighted by atomic mass is 10.1. The molecule has 26 heavy (non-hydrogen) atoms. The number of nitriles is 1. The van der Waals surface area contributed by atoms with Crippen molar-refractivity contribution in [1.29, 1.82) is 5.26 Å². The maximum absolute atomic E-state index is 12.9. The summed E-state index contributed by atoms with van der Waals surface area (Å²) in [6.45, 7) is 0.247. The van der Waals surface area contributed by atoms with Crippen LogP contribution in [-0.2, 0) is 11.2 Å². The highest BCUT2D eigenvalue weighted by Gasteiger charge is 2.19. The number of hydrogen-bond acceptors (Lipinski definition) is 4. The number of fused-ring (bicyclic) bond motifs is 1. The minimum Gasteiger partial charge on any atom is -0.311 e. The van der Waals surface area contributed by atoms with Gasteiger partial charge in [-0.2, -0.15) is 10.4 Å². The van der Waals surface area contributed by atoms with E-state index in [-0.39, 0.29) is 30.9 Å². The number of aromatic nitrogens is 2. The van der Waals surface area contributed by atoms with Crippen molar-refractivity contribution >= 4 is 34.0 Å². The largest absolute Gasteiger partial charge is 0.311 e. The number of hydrogen-bond donors (Lipinski definition) is 1. The van der Waals surface area contributed by atoms with E-state index in [9.17, 15) is 9.59 Å². The number of nitrogens with zero attached hydrogens (tertiary/aromatic N) is 3. The fraction of sp³-hybridized carbons (Fsp3) is 0.158. The van der Waals surface area contributed by atoms with Gasteiger partial charge in [0.15, 0.2) is 0 Å². The van der Waals surface area contributed by atoms with Crippen LogP contribution in [0.2, 0.25) is 5.02 Å². The number of anilines is 1. The van der Waals surface area contributed by atoms with Crippen LogP contribution in [0.15, 0.2) is 53.3 Å². The van der Waals surface area contributed by atoms with Crippen LogP contribution in [0.4, 0.5) is 5.69 Å². The van der Waals surface area contributed by atoms with Crippen molar-refractivity contribution < 1.29 is 4.79 Å². The number of amides is 1. The number of carbonyl (C=O) groups is 1. The molecule has 0 saturated heterocycles. The van der Waals surface area contributed by atoms with Crippen molar-refractivity contribution in [1.82, 2.24) is 10.2 Å². The highest BCUT2D eigenvalue weighted by atomic mass is 35.5. The average molecular weight is 367 g/mol. The smallest absolute Gasteiger partial charge is 0.272 e. The normalized spacial score (nSPS) is 10.5. The van der Waals surface area contributed by atoms with Crippen molar-refractivity contribution in [2.24, 2.45) is 0 Å². The lowest BCUT2D eigenvalue weighted by Gasteiger charge is -2.22. The number of halogens is 1. The Hall–Kier alpha value is -3.17. The van der Waals surface area contributed by atoms with Gasteiger partial charge in [0.2, 0.25) is 5.91 Å². The molecule has 0 bridgehead atoms. The summed E-state index contributed by atoms with van der Waals surface area (Å²) in [7, 11) is 0. The molecule has 0 saturated carbocycles. The summed E-state index contributed by atoms with van der Waals surface area (Å²) < 4.78 is 0. The Morgan fingerprint density at radius 2 is 1.96 bits per heavy atom. The molecule has 0 spiro atoms. The van der Waals surface area contributed by atoms with E-state index in [0.29, 0.717) is 27.2 Å². The van der Waals surface area contributed by atoms with Crippen molar-refractivity contribution in [3.05, 3.63) is 69.6 Å². The molecule has 1 N–H and O–H groups in total. The number of rotatable bonds is 5. The van der Waals surface area contributed by atoms with Crippen LogP contribution in [0.3, 0.4) is 0 Å². The molecule has 0 aliphatic heterocycles. The molecule has 7 heteroatoms. The quantitative estimate of drug-likeness (QED) is 0.751. The Balaban J connectivity index is 1.95. The van der Waals surface area contributed by atoms with Crippen molar-refractivity contribution in [3.8, 4) is 6.07 Å². The SMILES string of the molecule is N#CCCN(C(=O)Cc1n[nH]c(=O)c2ccccc12)c1cccc(Cl)c1. The Morgan fingerprint density at radius 3 is 2.69 bits per heavy atom. The fourth-order valence-corrected chi connectivity index (χ4v) is 2.93. The summed E-state index contributed by atoms with van der Waals surface area (Å²) in [5, 5.41) is 17.0. The molecule has 0 unspecified atom stereocenters. The van der Waals surface area contributed by atoms with E-state index in [1.54, 1.807) is 48.5 Å². The first-order chi connectivity index (χ1) is 12.6. The van der Waals surface area contributed by atoms with Gasteiger partial charge in [0.1, 0.15) is 0 Å². The fourth-order valence-electron chi connectivity index (χ4n) is 2.75. The Morgan fingerprint density at radius 1 is 1.19 bits per heavy atom. The van der Waals surface area contributed by atoms with Crippen molar-refractivity contribution in [2.75, 3.05) is 11.4 Å². The Bertz CT molecular complexity index is 1060. The summed E-state index contributed by atoms with van der Waals surface area (Å²) in [5.74, 6) is -0.229. The van der Waals surface area contributed by atoms with Gasteiger partial charge >= 0.3 is 0 Å². The second-order valence-corrected chi connectivity index (χ2v) is 6.09. The summed E-state index contributed by atoms with van der Waals surface area (Å²) in [6.07, 6.45) is 0.188. The minimum absolute atomic E-state index is 0.00473. The van der Waals surface area contributed by atoms with Crippen LogP contribution in [0.25, 0.3) is 10.8 Å². The molecule has 2 aromatic carbocycles. The molecule has 6 nitrogen and oxygen atoms in total. The summed E-state index contributed by atoms with van der Waals surface area (Å²) in [5.41, 5.74) is 0.800. The molecule has 3 aromatic rings. The Kier molecular flexibility index (Phi) is 5.30. The molecule has 0 atom stereocenters. The van der Waals surface area contributed by atoms with Gasteiger partial charge in [-0.15, -0.1) is 0 Å². The van der Waals surface area contributed by atoms with Gasteiger partial charge in [0.05, 0.1) is 30.0 Å². The van der Waals surface area contributed by atoms with E-state index in [0.717, 1.165) is 0 Å². The third-order valence-corrected chi connectivity index (χ3v) is 4.20. The first kappa shape index (κ1) is 17.6. The second kappa shape index (κ2) is 7.81. The number of aromatic amines is 1. The Labute approximate surface area is 154 Å². The molecule has 3 rings (SSSR count). The lowest BCUT2D eigenvalue weighted by molar-refractivity contribution is -0.118. The van der Waals surface area contributed by atoms with E-state index in [1.807, 2.05) is 6.07 Å². The highest BCUT2D eigenvalue weighted by molar-refractivity contribution is 6.30. The first-order valence-corrected chi connectivity index (χ1v) is 8.37. The topological polar surface area (TPSA) is 89.8 Å². The zero-order chi connectivity index (χ0) is 18.5. The van der Waals surface area contributed by atoms with Gasteiger partial charge in [-0.3, -0.25) is 9.59 Å². The number of benzene rings is 2. The maximum atomic E-state index is 12.9. The molecule has 130 valence electrons. The van der Waals surface area contributed by atoms with Gasteiger partial charge < -0.3 is 4.90 Å². The van der Waals surface area contributed by atoms with Gasteiger partial charge in [0.25, 0.3) is 5.56 Å². The van der Waals surface area contributed by atoms with Crippen molar-refractivity contribution in [2.45, 2.75) is 12.8 Å². The summed E-state index contributed by atoms with van der Waals surface area (Å²) in [4.78, 5) is 26.3.